The Balaban J connectivity index is 2.39. The van der Waals surface area contributed by atoms with Gasteiger partial charge in [0.25, 0.3) is 0 Å². The Morgan fingerprint density at radius 3 is 1.90 bits per heavy atom. The smallest absolute Gasteiger partial charge is 0.00933 e. The highest BCUT2D eigenvalue weighted by atomic mass is 32.3. The Hall–Kier alpha value is 0.270. The van der Waals surface area contributed by atoms with Crippen LogP contribution in [0.15, 0.2) is 0 Å². The van der Waals surface area contributed by atoms with Crippen molar-refractivity contribution in [3.8, 4) is 0 Å². The molecule has 1 saturated heterocycles. The minimum absolute atomic E-state index is 1.10. The van der Waals surface area contributed by atoms with Gasteiger partial charge in [0.2, 0.25) is 0 Å². The van der Waals surface area contributed by atoms with Crippen molar-refractivity contribution in [1.29, 1.82) is 0 Å². The van der Waals surface area contributed by atoms with E-state index in [9.17, 15) is 4.55 Å². The fourth-order valence-electron chi connectivity index (χ4n) is 1.31. The molecule has 62 valence electrons. The molecule has 0 aromatic carbocycles. The third kappa shape index (κ3) is 2.15. The number of hydrogen-bond acceptors (Lipinski definition) is 2. The third-order valence-electron chi connectivity index (χ3n) is 1.95. The monoisotopic (exact) mass is 163 g/mol. The molecular weight excluding hydrogens is 146 g/mol. The maximum absolute atomic E-state index is 9.65. The minimum atomic E-state index is -1.39. The second kappa shape index (κ2) is 3.11. The summed E-state index contributed by atoms with van der Waals surface area (Å²) >= 11 is 0. The van der Waals surface area contributed by atoms with Crippen LogP contribution in [-0.4, -0.2) is 34.5 Å². The van der Waals surface area contributed by atoms with Gasteiger partial charge >= 0.3 is 0 Å². The van der Waals surface area contributed by atoms with Gasteiger partial charge in [0.05, 0.1) is 0 Å². The molecule has 0 aromatic heterocycles. The Labute approximate surface area is 64.9 Å². The van der Waals surface area contributed by atoms with Crippen molar-refractivity contribution in [2.75, 3.05) is 25.6 Å². The maximum atomic E-state index is 9.65. The van der Waals surface area contributed by atoms with Gasteiger partial charge in [0, 0.05) is 13.1 Å². The summed E-state index contributed by atoms with van der Waals surface area (Å²) in [6.45, 7) is 2.19. The van der Waals surface area contributed by atoms with Gasteiger partial charge in [-0.25, -0.2) is 4.31 Å². The van der Waals surface area contributed by atoms with Gasteiger partial charge in [0.15, 0.2) is 0 Å². The lowest BCUT2D eigenvalue weighted by Gasteiger charge is -2.40. The summed E-state index contributed by atoms with van der Waals surface area (Å²) in [5, 5.41) is 0. The zero-order valence-corrected chi connectivity index (χ0v) is 7.65. The van der Waals surface area contributed by atoms with E-state index in [-0.39, 0.29) is 0 Å². The lowest BCUT2D eigenvalue weighted by atomic mass is 10.2. The predicted molar refractivity (Wildman–Crippen MR) is 47.5 cm³/mol. The van der Waals surface area contributed by atoms with Crippen molar-refractivity contribution in [2.45, 2.75) is 19.3 Å². The van der Waals surface area contributed by atoms with Crippen LogP contribution >= 0.6 is 10.5 Å². The number of piperidine rings is 1. The molecule has 1 aliphatic heterocycles. The van der Waals surface area contributed by atoms with Crippen molar-refractivity contribution in [3.63, 3.8) is 0 Å². The molecule has 1 aliphatic rings. The van der Waals surface area contributed by atoms with Crippen LogP contribution in [0.25, 0.3) is 0 Å². The average Bonchev–Trinajstić information content (AvgIpc) is 1.88. The molecule has 0 atom stereocenters. The van der Waals surface area contributed by atoms with Crippen LogP contribution in [0, 0.1) is 0 Å². The van der Waals surface area contributed by atoms with E-state index in [0.717, 1.165) is 13.1 Å². The van der Waals surface area contributed by atoms with Crippen LogP contribution in [0.3, 0.4) is 0 Å². The molecule has 0 radical (unpaired) electrons. The summed E-state index contributed by atoms with van der Waals surface area (Å²) in [5.74, 6) is 0. The van der Waals surface area contributed by atoms with Crippen molar-refractivity contribution < 1.29 is 4.55 Å². The molecular formula is C7H17NOS. The Bertz CT molecular complexity index is 105. The second-order valence-electron chi connectivity index (χ2n) is 3.21. The number of rotatable bonds is 1. The molecule has 0 spiro atoms. The van der Waals surface area contributed by atoms with E-state index in [2.05, 4.69) is 4.31 Å². The highest BCUT2D eigenvalue weighted by Gasteiger charge is 2.19. The van der Waals surface area contributed by atoms with Crippen LogP contribution in [-0.2, 0) is 0 Å². The molecule has 1 heterocycles. The SMILES string of the molecule is CS(C)(O)N1CCCCC1. The summed E-state index contributed by atoms with van der Waals surface area (Å²) in [6, 6.07) is 0. The molecule has 1 fully saturated rings. The van der Waals surface area contributed by atoms with Crippen molar-refractivity contribution in [1.82, 2.24) is 4.31 Å². The fraction of sp³-hybridized carbons (Fsp3) is 1.00. The number of hydrogen-bond donors (Lipinski definition) is 1. The first-order valence-electron chi connectivity index (χ1n) is 3.81. The van der Waals surface area contributed by atoms with Crippen molar-refractivity contribution in [3.05, 3.63) is 0 Å². The normalized spacial score (nSPS) is 24.7. The van der Waals surface area contributed by atoms with Crippen LogP contribution in [0.2, 0.25) is 0 Å². The summed E-state index contributed by atoms with van der Waals surface area (Å²) in [4.78, 5) is 0. The Morgan fingerprint density at radius 2 is 1.60 bits per heavy atom. The molecule has 0 unspecified atom stereocenters. The molecule has 0 saturated carbocycles. The minimum Gasteiger partial charge on any atom is -0.339 e. The van der Waals surface area contributed by atoms with Gasteiger partial charge in [-0.1, -0.05) is 16.9 Å². The van der Waals surface area contributed by atoms with Crippen molar-refractivity contribution in [2.24, 2.45) is 0 Å². The van der Waals surface area contributed by atoms with Gasteiger partial charge in [-0.15, -0.1) is 0 Å². The topological polar surface area (TPSA) is 23.5 Å². The van der Waals surface area contributed by atoms with E-state index in [1.54, 1.807) is 0 Å². The lowest BCUT2D eigenvalue weighted by Crippen LogP contribution is -2.31. The quantitative estimate of drug-likeness (QED) is 0.638. The lowest BCUT2D eigenvalue weighted by molar-refractivity contribution is 0.350. The first-order chi connectivity index (χ1) is 4.61. The van der Waals surface area contributed by atoms with Crippen LogP contribution < -0.4 is 0 Å². The van der Waals surface area contributed by atoms with Gasteiger partial charge in [-0.3, -0.25) is 0 Å². The molecule has 10 heavy (non-hydrogen) atoms. The van der Waals surface area contributed by atoms with Gasteiger partial charge < -0.3 is 4.55 Å². The third-order valence-corrected chi connectivity index (χ3v) is 3.58. The summed E-state index contributed by atoms with van der Waals surface area (Å²) in [7, 11) is -1.39. The largest absolute Gasteiger partial charge is 0.339 e. The van der Waals surface area contributed by atoms with Gasteiger partial charge in [-0.05, 0) is 25.4 Å². The molecule has 2 nitrogen and oxygen atoms in total. The van der Waals surface area contributed by atoms with Crippen molar-refractivity contribution >= 4 is 10.5 Å². The van der Waals surface area contributed by atoms with E-state index in [4.69, 9.17) is 0 Å². The second-order valence-corrected chi connectivity index (χ2v) is 6.17. The molecule has 0 amide bonds. The molecule has 0 aliphatic carbocycles. The van der Waals surface area contributed by atoms with Crippen LogP contribution in [0.5, 0.6) is 0 Å². The highest BCUT2D eigenvalue weighted by Crippen LogP contribution is 2.40. The molecule has 1 N–H and O–H groups in total. The molecule has 0 bridgehead atoms. The average molecular weight is 163 g/mol. The summed E-state index contributed by atoms with van der Waals surface area (Å²) in [5.41, 5.74) is 0. The first kappa shape index (κ1) is 8.37. The van der Waals surface area contributed by atoms with E-state index in [1.165, 1.54) is 19.3 Å². The first-order valence-corrected chi connectivity index (χ1v) is 6.18. The maximum Gasteiger partial charge on any atom is 0.00933 e. The molecule has 0 aromatic rings. The van der Waals surface area contributed by atoms with Crippen LogP contribution in [0.1, 0.15) is 19.3 Å². The predicted octanol–water partition coefficient (Wildman–Crippen LogP) is 1.92. The van der Waals surface area contributed by atoms with Crippen LogP contribution in [0.4, 0.5) is 0 Å². The zero-order chi connectivity index (χ0) is 7.61. The Morgan fingerprint density at radius 1 is 1.10 bits per heavy atom. The molecule has 3 heteroatoms. The van der Waals surface area contributed by atoms with E-state index >= 15 is 0 Å². The molecule has 1 rings (SSSR count). The van der Waals surface area contributed by atoms with Gasteiger partial charge in [-0.2, -0.15) is 0 Å². The highest BCUT2D eigenvalue weighted by molar-refractivity contribution is 8.26. The summed E-state index contributed by atoms with van der Waals surface area (Å²) in [6.07, 6.45) is 7.75. The summed E-state index contributed by atoms with van der Waals surface area (Å²) < 4.78 is 11.9. The fourth-order valence-corrected chi connectivity index (χ4v) is 2.46. The van der Waals surface area contributed by atoms with Gasteiger partial charge in [0.1, 0.15) is 0 Å². The zero-order valence-electron chi connectivity index (χ0n) is 6.84. The van der Waals surface area contributed by atoms with E-state index in [1.807, 2.05) is 12.5 Å². The standard InChI is InChI=1S/C7H17NOS/c1-10(2,9)8-6-4-3-5-7-8/h9H,3-7H2,1-2H3. The van der Waals surface area contributed by atoms with E-state index in [0.29, 0.717) is 0 Å². The Kier molecular flexibility index (Phi) is 2.61. The van der Waals surface area contributed by atoms with E-state index < -0.39 is 10.5 Å². The number of nitrogens with zero attached hydrogens (tertiary/aromatic N) is 1.